The highest BCUT2D eigenvalue weighted by atomic mass is 16.6. The number of ether oxygens (including phenoxy) is 3. The summed E-state index contributed by atoms with van der Waals surface area (Å²) in [6, 6.07) is 26.6. The van der Waals surface area contributed by atoms with Gasteiger partial charge < -0.3 is 19.1 Å². The topological polar surface area (TPSA) is 80.7 Å². The molecular formula is C39H43N3O5. The zero-order chi connectivity index (χ0) is 33.0. The van der Waals surface area contributed by atoms with Crippen LogP contribution in [0.2, 0.25) is 0 Å². The lowest BCUT2D eigenvalue weighted by Crippen LogP contribution is -2.37. The molecule has 2 amide bonds. The summed E-state index contributed by atoms with van der Waals surface area (Å²) in [6.45, 7) is 5.06. The lowest BCUT2D eigenvalue weighted by atomic mass is 9.96. The van der Waals surface area contributed by atoms with Gasteiger partial charge >= 0.3 is 12.2 Å². The maximum atomic E-state index is 14.0. The number of amides is 2. The van der Waals surface area contributed by atoms with Crippen LogP contribution in [0.4, 0.5) is 9.59 Å². The summed E-state index contributed by atoms with van der Waals surface area (Å²) in [6.07, 6.45) is 10.5. The van der Waals surface area contributed by atoms with Crippen molar-refractivity contribution in [2.45, 2.75) is 64.9 Å². The molecule has 1 fully saturated rings. The van der Waals surface area contributed by atoms with Gasteiger partial charge in [0.2, 0.25) is 5.96 Å². The minimum Gasteiger partial charge on any atom is -0.444 e. The maximum absolute atomic E-state index is 14.0. The summed E-state index contributed by atoms with van der Waals surface area (Å²) < 4.78 is 17.3. The number of likely N-dealkylation sites (N-methyl/N-ethyl adjacent to an activating group) is 1. The van der Waals surface area contributed by atoms with Crippen LogP contribution in [0.1, 0.15) is 54.9 Å². The maximum Gasteiger partial charge on any atom is 0.437 e. The Bertz CT molecular complexity index is 1610. The summed E-state index contributed by atoms with van der Waals surface area (Å²) in [7, 11) is 1.84. The Morgan fingerprint density at radius 1 is 0.915 bits per heavy atom. The van der Waals surface area contributed by atoms with E-state index in [4.69, 9.17) is 14.2 Å². The average Bonchev–Trinajstić information content (AvgIpc) is 3.34. The van der Waals surface area contributed by atoms with E-state index in [1.807, 2.05) is 110 Å². The van der Waals surface area contributed by atoms with Crippen LogP contribution in [0, 0.1) is 6.92 Å². The van der Waals surface area contributed by atoms with E-state index in [0.717, 1.165) is 53.7 Å². The summed E-state index contributed by atoms with van der Waals surface area (Å²) in [4.78, 5) is 34.7. The van der Waals surface area contributed by atoms with E-state index in [1.165, 1.54) is 4.90 Å². The van der Waals surface area contributed by atoms with Gasteiger partial charge in [0, 0.05) is 13.7 Å². The molecule has 1 aliphatic carbocycles. The lowest BCUT2D eigenvalue weighted by Gasteiger charge is -2.23. The van der Waals surface area contributed by atoms with Crippen LogP contribution in [0.15, 0.2) is 119 Å². The quantitative estimate of drug-likeness (QED) is 0.197. The molecule has 1 saturated heterocycles. The largest absolute Gasteiger partial charge is 0.444 e. The molecule has 5 rings (SSSR count). The number of aliphatic imine (C=N–C) groups is 1. The minimum absolute atomic E-state index is 0.0511. The number of benzene rings is 3. The Labute approximate surface area is 277 Å². The van der Waals surface area contributed by atoms with Crippen LogP contribution >= 0.6 is 0 Å². The van der Waals surface area contributed by atoms with E-state index in [0.29, 0.717) is 12.1 Å². The molecule has 47 heavy (non-hydrogen) atoms. The first kappa shape index (κ1) is 33.4. The molecule has 3 aromatic rings. The number of unbranched alkanes of at least 4 members (excludes halogenated alkanes) is 1. The molecule has 8 heteroatoms. The third-order valence-electron chi connectivity index (χ3n) is 8.15. The van der Waals surface area contributed by atoms with E-state index in [-0.39, 0.29) is 31.3 Å². The third kappa shape index (κ3) is 9.30. The van der Waals surface area contributed by atoms with Gasteiger partial charge in [0.05, 0.1) is 17.8 Å². The van der Waals surface area contributed by atoms with Crippen molar-refractivity contribution in [2.75, 3.05) is 13.7 Å². The predicted molar refractivity (Wildman–Crippen MR) is 184 cm³/mol. The minimum atomic E-state index is -0.796. The molecule has 0 saturated carbocycles. The first-order valence-electron chi connectivity index (χ1n) is 16.2. The molecule has 0 N–H and O–H groups in total. The Morgan fingerprint density at radius 3 is 2.19 bits per heavy atom. The molecule has 1 aliphatic heterocycles. The molecule has 0 radical (unpaired) electrons. The smallest absolute Gasteiger partial charge is 0.437 e. The normalized spacial score (nSPS) is 19.3. The van der Waals surface area contributed by atoms with Gasteiger partial charge in [-0.15, -0.1) is 4.99 Å². The first-order valence-corrected chi connectivity index (χ1v) is 16.2. The van der Waals surface area contributed by atoms with E-state index < -0.39 is 12.2 Å². The second-order valence-electron chi connectivity index (χ2n) is 11.8. The van der Waals surface area contributed by atoms with Crippen molar-refractivity contribution in [1.29, 1.82) is 0 Å². The van der Waals surface area contributed by atoms with Crippen molar-refractivity contribution in [3.8, 4) is 0 Å². The van der Waals surface area contributed by atoms with E-state index in [2.05, 4.69) is 30.1 Å². The third-order valence-corrected chi connectivity index (χ3v) is 8.15. The van der Waals surface area contributed by atoms with Crippen molar-refractivity contribution < 1.29 is 23.8 Å². The summed E-state index contributed by atoms with van der Waals surface area (Å²) in [5, 5.41) is 0. The monoisotopic (exact) mass is 633 g/mol. The molecule has 2 aliphatic rings. The summed E-state index contributed by atoms with van der Waals surface area (Å²) >= 11 is 0. The van der Waals surface area contributed by atoms with Crippen molar-refractivity contribution in [1.82, 2.24) is 9.80 Å². The molecule has 0 aromatic heterocycles. The first-order chi connectivity index (χ1) is 22.9. The molecule has 0 spiro atoms. The highest BCUT2D eigenvalue weighted by molar-refractivity contribution is 6.03. The predicted octanol–water partition coefficient (Wildman–Crippen LogP) is 8.44. The molecule has 8 nitrogen and oxygen atoms in total. The van der Waals surface area contributed by atoms with Gasteiger partial charge in [-0.25, -0.2) is 14.5 Å². The van der Waals surface area contributed by atoms with Crippen molar-refractivity contribution in [2.24, 2.45) is 4.99 Å². The highest BCUT2D eigenvalue weighted by Gasteiger charge is 2.43. The van der Waals surface area contributed by atoms with Crippen molar-refractivity contribution in [3.05, 3.63) is 137 Å². The Kier molecular flexibility index (Phi) is 11.8. The number of rotatable bonds is 11. The molecule has 2 unspecified atom stereocenters. The number of hydrogen-bond donors (Lipinski definition) is 0. The highest BCUT2D eigenvalue weighted by Crippen LogP contribution is 2.34. The van der Waals surface area contributed by atoms with Crippen LogP contribution in [-0.2, 0) is 27.4 Å². The number of carbonyl (C=O) groups is 2. The second-order valence-corrected chi connectivity index (χ2v) is 11.8. The second kappa shape index (κ2) is 16.6. The van der Waals surface area contributed by atoms with Gasteiger partial charge in [0.25, 0.3) is 0 Å². The molecule has 2 atom stereocenters. The fraction of sp³-hybridized carbons (Fsp3) is 0.308. The Balaban J connectivity index is 1.46. The van der Waals surface area contributed by atoms with Gasteiger partial charge in [-0.05, 0) is 54.5 Å². The van der Waals surface area contributed by atoms with Crippen LogP contribution in [0.5, 0.6) is 0 Å². The molecule has 3 aromatic carbocycles. The number of hydrogen-bond acceptors (Lipinski definition) is 5. The fourth-order valence-corrected chi connectivity index (χ4v) is 5.45. The zero-order valence-corrected chi connectivity index (χ0v) is 27.4. The number of allylic oxidation sites excluding steroid dienone is 1. The molecule has 1 heterocycles. The van der Waals surface area contributed by atoms with E-state index >= 15 is 0 Å². The molecule has 0 bridgehead atoms. The van der Waals surface area contributed by atoms with Gasteiger partial charge in [-0.3, -0.25) is 0 Å². The lowest BCUT2D eigenvalue weighted by molar-refractivity contribution is 0.0838. The van der Waals surface area contributed by atoms with Crippen LogP contribution in [-0.4, -0.2) is 53.7 Å². The average molecular weight is 634 g/mol. The van der Waals surface area contributed by atoms with Crippen molar-refractivity contribution >= 4 is 24.2 Å². The standard InChI is InChI=1S/C39H43N3O5/c1-4-5-24-45-34-22-20-31(21-23-34)25-35-36(26-30-18-16-29(2)17-19-30)42(39(44)47-28-33-14-10-7-11-15-33)37(41(35)3)40-38(43)46-27-32-12-8-6-9-13-32/h6-22,26,34-35H,4-5,23-25,27-28H2,1-3H3/b36-26-,40-37?. The van der Waals surface area contributed by atoms with Gasteiger partial charge in [0.15, 0.2) is 0 Å². The Hall–Kier alpha value is -4.95. The summed E-state index contributed by atoms with van der Waals surface area (Å²) in [5.74, 6) is 0.144. The van der Waals surface area contributed by atoms with Gasteiger partial charge in [-0.1, -0.05) is 122 Å². The molecule has 244 valence electrons. The number of nitrogens with zero attached hydrogens (tertiary/aromatic N) is 3. The Morgan fingerprint density at radius 2 is 1.57 bits per heavy atom. The zero-order valence-electron chi connectivity index (χ0n) is 27.4. The fourth-order valence-electron chi connectivity index (χ4n) is 5.45. The number of guanidine groups is 1. The number of carbonyl (C=O) groups excluding carboxylic acids is 2. The SMILES string of the molecule is CCCCOC1C=CC(CC2/C(=C/c3ccc(C)cc3)N(C(=O)OCc3ccccc3)C(=NC(=O)OCc3ccccc3)N2C)=CC1. The number of aryl methyl sites for hydroxylation is 1. The molecular weight excluding hydrogens is 590 g/mol. The van der Waals surface area contributed by atoms with Crippen LogP contribution in [0.25, 0.3) is 6.08 Å². The van der Waals surface area contributed by atoms with E-state index in [1.54, 1.807) is 0 Å². The van der Waals surface area contributed by atoms with Crippen LogP contribution in [0.3, 0.4) is 0 Å². The van der Waals surface area contributed by atoms with E-state index in [9.17, 15) is 9.59 Å². The van der Waals surface area contributed by atoms with Crippen molar-refractivity contribution in [3.63, 3.8) is 0 Å². The van der Waals surface area contributed by atoms with Crippen LogP contribution < -0.4 is 0 Å². The van der Waals surface area contributed by atoms with Gasteiger partial charge in [-0.2, -0.15) is 0 Å². The summed E-state index contributed by atoms with van der Waals surface area (Å²) in [5.41, 5.74) is 5.49. The van der Waals surface area contributed by atoms with Gasteiger partial charge in [0.1, 0.15) is 13.2 Å².